The summed E-state index contributed by atoms with van der Waals surface area (Å²) in [5.74, 6) is -1.17. The van der Waals surface area contributed by atoms with Crippen LogP contribution in [0.5, 0.6) is 5.75 Å². The van der Waals surface area contributed by atoms with Crippen molar-refractivity contribution in [3.8, 4) is 11.8 Å². The molecule has 2 N–H and O–H groups in total. The van der Waals surface area contributed by atoms with Gasteiger partial charge in [0.2, 0.25) is 0 Å². The van der Waals surface area contributed by atoms with Gasteiger partial charge in [-0.15, -0.1) is 0 Å². The van der Waals surface area contributed by atoms with Crippen LogP contribution in [0.1, 0.15) is 11.1 Å². The number of aromatic nitrogens is 1. The van der Waals surface area contributed by atoms with Gasteiger partial charge in [0.1, 0.15) is 22.9 Å². The summed E-state index contributed by atoms with van der Waals surface area (Å²) in [6, 6.07) is 1.09. The van der Waals surface area contributed by atoms with Crippen molar-refractivity contribution in [2.24, 2.45) is 0 Å². The number of alkyl halides is 3. The fraction of sp³-hybridized carbons (Fsp3) is 0.143. The van der Waals surface area contributed by atoms with E-state index in [4.69, 9.17) is 10.4 Å². The molecule has 0 bridgehead atoms. The molecule has 0 atom stereocenters. The number of hydrogen-bond donors (Lipinski definition) is 2. The van der Waals surface area contributed by atoms with Crippen molar-refractivity contribution in [3.05, 3.63) is 27.7 Å². The minimum Gasteiger partial charge on any atom is -0.506 e. The highest BCUT2D eigenvalue weighted by Crippen LogP contribution is 2.35. The zero-order valence-corrected chi connectivity index (χ0v) is 6.51. The standard InChI is InChI=1S/C7H3F3N2O2/c8-7(9,10)5-3(1-11)6(14)12-2-4(5)13/h2,13H,(H,12,14). The van der Waals surface area contributed by atoms with Gasteiger partial charge < -0.3 is 10.1 Å². The molecule has 0 saturated heterocycles. The molecule has 1 aromatic rings. The highest BCUT2D eigenvalue weighted by atomic mass is 19.4. The topological polar surface area (TPSA) is 76.9 Å². The van der Waals surface area contributed by atoms with Crippen molar-refractivity contribution in [3.63, 3.8) is 0 Å². The number of hydrogen-bond acceptors (Lipinski definition) is 3. The fourth-order valence-corrected chi connectivity index (χ4v) is 0.913. The number of nitrogens with zero attached hydrogens (tertiary/aromatic N) is 1. The van der Waals surface area contributed by atoms with Crippen molar-refractivity contribution < 1.29 is 18.3 Å². The molecule has 0 aromatic carbocycles. The molecule has 0 aliphatic rings. The lowest BCUT2D eigenvalue weighted by Gasteiger charge is -2.08. The van der Waals surface area contributed by atoms with Gasteiger partial charge >= 0.3 is 6.18 Å². The Balaban J connectivity index is 3.65. The number of aromatic amines is 1. The molecule has 0 spiro atoms. The Morgan fingerprint density at radius 1 is 1.50 bits per heavy atom. The second-order valence-electron chi connectivity index (χ2n) is 2.36. The van der Waals surface area contributed by atoms with Crippen molar-refractivity contribution in [1.29, 1.82) is 5.26 Å². The van der Waals surface area contributed by atoms with Gasteiger partial charge in [-0.1, -0.05) is 0 Å². The van der Waals surface area contributed by atoms with Crippen molar-refractivity contribution in [2.45, 2.75) is 6.18 Å². The molecule has 1 heterocycles. The molecule has 0 unspecified atom stereocenters. The summed E-state index contributed by atoms with van der Waals surface area (Å²) >= 11 is 0. The molecule has 4 nitrogen and oxygen atoms in total. The largest absolute Gasteiger partial charge is 0.506 e. The van der Waals surface area contributed by atoms with Crippen LogP contribution >= 0.6 is 0 Å². The Labute approximate surface area is 75.2 Å². The Morgan fingerprint density at radius 2 is 2.07 bits per heavy atom. The van der Waals surface area contributed by atoms with Crippen LogP contribution in [-0.4, -0.2) is 10.1 Å². The van der Waals surface area contributed by atoms with Gasteiger partial charge in [0.25, 0.3) is 5.56 Å². The lowest BCUT2D eigenvalue weighted by molar-refractivity contribution is -0.139. The summed E-state index contributed by atoms with van der Waals surface area (Å²) in [5, 5.41) is 17.1. The lowest BCUT2D eigenvalue weighted by atomic mass is 10.1. The summed E-state index contributed by atoms with van der Waals surface area (Å²) < 4.78 is 36.6. The molecule has 74 valence electrons. The number of H-pyrrole nitrogens is 1. The molecule has 0 radical (unpaired) electrons. The predicted molar refractivity (Wildman–Crippen MR) is 38.4 cm³/mol. The van der Waals surface area contributed by atoms with Gasteiger partial charge in [-0.05, 0) is 0 Å². The molecule has 1 rings (SSSR count). The molecular formula is C7H3F3N2O2. The van der Waals surface area contributed by atoms with Crippen LogP contribution in [0.15, 0.2) is 11.0 Å². The first-order valence-electron chi connectivity index (χ1n) is 3.30. The van der Waals surface area contributed by atoms with Gasteiger partial charge in [-0.3, -0.25) is 4.79 Å². The first-order valence-corrected chi connectivity index (χ1v) is 3.30. The van der Waals surface area contributed by atoms with E-state index in [9.17, 15) is 18.0 Å². The first kappa shape index (κ1) is 10.1. The van der Waals surface area contributed by atoms with Gasteiger partial charge in [0.05, 0.1) is 0 Å². The maximum atomic E-state index is 12.2. The molecule has 14 heavy (non-hydrogen) atoms. The van der Waals surface area contributed by atoms with Crippen LogP contribution in [0.3, 0.4) is 0 Å². The van der Waals surface area contributed by atoms with E-state index in [2.05, 4.69) is 0 Å². The molecule has 7 heteroatoms. The van der Waals surface area contributed by atoms with Crippen molar-refractivity contribution >= 4 is 0 Å². The zero-order valence-electron chi connectivity index (χ0n) is 6.51. The van der Waals surface area contributed by atoms with Crippen LogP contribution < -0.4 is 5.56 Å². The van der Waals surface area contributed by atoms with E-state index < -0.39 is 28.6 Å². The molecule has 1 aromatic heterocycles. The quantitative estimate of drug-likeness (QED) is 0.660. The lowest BCUT2D eigenvalue weighted by Crippen LogP contribution is -2.18. The van der Waals surface area contributed by atoms with Gasteiger partial charge in [0.15, 0.2) is 0 Å². The van der Waals surface area contributed by atoms with Crippen LogP contribution in [0.2, 0.25) is 0 Å². The Morgan fingerprint density at radius 3 is 2.43 bits per heavy atom. The Bertz CT molecular complexity index is 455. The fourth-order valence-electron chi connectivity index (χ4n) is 0.913. The molecule has 0 saturated carbocycles. The molecular weight excluding hydrogens is 201 g/mol. The summed E-state index contributed by atoms with van der Waals surface area (Å²) in [6.45, 7) is 0. The van der Waals surface area contributed by atoms with Crippen LogP contribution in [0, 0.1) is 11.3 Å². The number of nitriles is 1. The monoisotopic (exact) mass is 204 g/mol. The zero-order chi connectivity index (χ0) is 10.9. The molecule has 0 fully saturated rings. The third-order valence-electron chi connectivity index (χ3n) is 1.47. The summed E-state index contributed by atoms with van der Waals surface area (Å²) in [5.41, 5.74) is -3.93. The minimum absolute atomic E-state index is 0.492. The van der Waals surface area contributed by atoms with E-state index in [1.54, 1.807) is 4.98 Å². The molecule has 0 amide bonds. The van der Waals surface area contributed by atoms with Crippen LogP contribution in [0.4, 0.5) is 13.2 Å². The summed E-state index contributed by atoms with van der Waals surface area (Å²) in [7, 11) is 0. The molecule has 0 aliphatic heterocycles. The highest BCUT2D eigenvalue weighted by molar-refractivity contribution is 5.45. The van der Waals surface area contributed by atoms with E-state index in [1.165, 1.54) is 0 Å². The van der Waals surface area contributed by atoms with Gasteiger partial charge in [-0.2, -0.15) is 18.4 Å². The maximum Gasteiger partial charge on any atom is 0.421 e. The number of nitrogens with one attached hydrogen (secondary N) is 1. The van der Waals surface area contributed by atoms with Gasteiger partial charge in [-0.25, -0.2) is 0 Å². The van der Waals surface area contributed by atoms with E-state index in [1.807, 2.05) is 0 Å². The normalized spacial score (nSPS) is 11.0. The summed E-state index contributed by atoms with van der Waals surface area (Å²) in [4.78, 5) is 12.6. The number of halogens is 3. The number of aromatic hydroxyl groups is 1. The average molecular weight is 204 g/mol. The predicted octanol–water partition coefficient (Wildman–Crippen LogP) is 0.971. The Hall–Kier alpha value is -1.97. The number of rotatable bonds is 0. The maximum absolute atomic E-state index is 12.2. The third-order valence-corrected chi connectivity index (χ3v) is 1.47. The first-order chi connectivity index (χ1) is 6.38. The minimum atomic E-state index is -4.93. The van der Waals surface area contributed by atoms with Crippen LogP contribution in [0.25, 0.3) is 0 Å². The van der Waals surface area contributed by atoms with E-state index in [0.29, 0.717) is 6.20 Å². The Kier molecular flexibility index (Phi) is 2.21. The van der Waals surface area contributed by atoms with Crippen molar-refractivity contribution in [2.75, 3.05) is 0 Å². The summed E-state index contributed by atoms with van der Waals surface area (Å²) in [6.07, 6.45) is -4.44. The molecule has 0 aliphatic carbocycles. The second-order valence-corrected chi connectivity index (χ2v) is 2.36. The number of pyridine rings is 1. The smallest absolute Gasteiger partial charge is 0.421 e. The van der Waals surface area contributed by atoms with E-state index in [0.717, 1.165) is 6.07 Å². The van der Waals surface area contributed by atoms with Crippen molar-refractivity contribution in [1.82, 2.24) is 4.98 Å². The highest BCUT2D eigenvalue weighted by Gasteiger charge is 2.38. The second kappa shape index (κ2) is 3.06. The van der Waals surface area contributed by atoms with Crippen LogP contribution in [-0.2, 0) is 6.18 Å². The third kappa shape index (κ3) is 1.54. The average Bonchev–Trinajstić information content (AvgIpc) is 2.06. The SMILES string of the molecule is N#Cc1c(C(F)(F)F)c(O)c[nH]c1=O. The van der Waals surface area contributed by atoms with Gasteiger partial charge in [0, 0.05) is 6.20 Å². The van der Waals surface area contributed by atoms with E-state index >= 15 is 0 Å². The van der Waals surface area contributed by atoms with E-state index in [-0.39, 0.29) is 0 Å².